The van der Waals surface area contributed by atoms with E-state index in [0.717, 1.165) is 29.1 Å². The molecule has 25 heavy (non-hydrogen) atoms. The minimum Gasteiger partial charge on any atom is -0.508 e. The molecule has 0 atom stereocenters. The SMILES string of the molecule is O=C(NCCCNCc1ccccc1O)c1cc(-c2cccs2)[nH]n1. The smallest absolute Gasteiger partial charge is 0.271 e. The Kier molecular flexibility index (Phi) is 5.81. The molecule has 0 aliphatic heterocycles. The Bertz CT molecular complexity index is 814. The standard InChI is InChI=1S/C18H20N4O2S/c23-16-6-2-1-5-13(16)12-19-8-4-9-20-18(24)15-11-14(21-22-15)17-7-3-10-25-17/h1-3,5-7,10-11,19,23H,4,8-9,12H2,(H,20,24)(H,21,22). The maximum Gasteiger partial charge on any atom is 0.271 e. The van der Waals surface area contributed by atoms with Gasteiger partial charge in [0, 0.05) is 18.7 Å². The lowest BCUT2D eigenvalue weighted by molar-refractivity contribution is 0.0948. The molecule has 130 valence electrons. The van der Waals surface area contributed by atoms with Crippen molar-refractivity contribution in [2.75, 3.05) is 13.1 Å². The van der Waals surface area contributed by atoms with E-state index in [2.05, 4.69) is 20.8 Å². The summed E-state index contributed by atoms with van der Waals surface area (Å²) < 4.78 is 0. The number of phenols is 1. The fourth-order valence-electron chi connectivity index (χ4n) is 2.39. The minimum atomic E-state index is -0.181. The number of carbonyl (C=O) groups excluding carboxylic acids is 1. The number of amides is 1. The van der Waals surface area contributed by atoms with Crippen molar-refractivity contribution in [3.05, 3.63) is 59.1 Å². The number of H-pyrrole nitrogens is 1. The lowest BCUT2D eigenvalue weighted by atomic mass is 10.2. The number of hydrogen-bond donors (Lipinski definition) is 4. The first-order valence-corrected chi connectivity index (χ1v) is 8.97. The van der Waals surface area contributed by atoms with Crippen molar-refractivity contribution in [3.8, 4) is 16.3 Å². The van der Waals surface area contributed by atoms with Crippen molar-refractivity contribution in [2.45, 2.75) is 13.0 Å². The van der Waals surface area contributed by atoms with Crippen molar-refractivity contribution in [3.63, 3.8) is 0 Å². The molecule has 0 spiro atoms. The van der Waals surface area contributed by atoms with E-state index < -0.39 is 0 Å². The Morgan fingerprint density at radius 3 is 2.88 bits per heavy atom. The lowest BCUT2D eigenvalue weighted by Gasteiger charge is -2.07. The fraction of sp³-hybridized carbons (Fsp3) is 0.222. The Labute approximate surface area is 149 Å². The predicted octanol–water partition coefficient (Wildman–Crippen LogP) is 2.75. The number of nitrogens with one attached hydrogen (secondary N) is 3. The molecule has 3 rings (SSSR count). The van der Waals surface area contributed by atoms with Gasteiger partial charge in [0.15, 0.2) is 5.69 Å². The number of aromatic amines is 1. The van der Waals surface area contributed by atoms with Crippen LogP contribution in [-0.4, -0.2) is 34.3 Å². The fourth-order valence-corrected chi connectivity index (χ4v) is 3.08. The summed E-state index contributed by atoms with van der Waals surface area (Å²) in [6.07, 6.45) is 0.793. The van der Waals surface area contributed by atoms with Gasteiger partial charge in [-0.05, 0) is 36.5 Å². The molecule has 2 aromatic heterocycles. The van der Waals surface area contributed by atoms with Crippen LogP contribution in [0.3, 0.4) is 0 Å². The van der Waals surface area contributed by atoms with Gasteiger partial charge in [0.05, 0.1) is 10.6 Å². The number of hydrogen-bond acceptors (Lipinski definition) is 5. The highest BCUT2D eigenvalue weighted by atomic mass is 32.1. The third-order valence-corrected chi connectivity index (χ3v) is 4.62. The van der Waals surface area contributed by atoms with E-state index in [1.54, 1.807) is 29.5 Å². The summed E-state index contributed by atoms with van der Waals surface area (Å²) in [4.78, 5) is 13.1. The monoisotopic (exact) mass is 356 g/mol. The van der Waals surface area contributed by atoms with E-state index in [1.807, 2.05) is 29.6 Å². The molecule has 7 heteroatoms. The summed E-state index contributed by atoms with van der Waals surface area (Å²) in [6.45, 7) is 1.91. The lowest BCUT2D eigenvalue weighted by Crippen LogP contribution is -2.27. The molecule has 1 amide bonds. The molecule has 0 aliphatic carbocycles. The molecule has 0 saturated heterocycles. The van der Waals surface area contributed by atoms with E-state index in [-0.39, 0.29) is 5.91 Å². The Morgan fingerprint density at radius 2 is 2.08 bits per heavy atom. The quantitative estimate of drug-likeness (QED) is 0.467. The van der Waals surface area contributed by atoms with E-state index in [1.165, 1.54) is 0 Å². The van der Waals surface area contributed by atoms with Crippen molar-refractivity contribution < 1.29 is 9.90 Å². The van der Waals surface area contributed by atoms with Gasteiger partial charge in [-0.3, -0.25) is 9.89 Å². The maximum atomic E-state index is 12.1. The largest absolute Gasteiger partial charge is 0.508 e. The van der Waals surface area contributed by atoms with Crippen molar-refractivity contribution in [1.82, 2.24) is 20.8 Å². The van der Waals surface area contributed by atoms with Crippen LogP contribution in [-0.2, 0) is 6.54 Å². The van der Waals surface area contributed by atoms with Crippen molar-refractivity contribution in [1.29, 1.82) is 0 Å². The molecule has 3 aromatic rings. The topological polar surface area (TPSA) is 90.0 Å². The number of carbonyl (C=O) groups is 1. The summed E-state index contributed by atoms with van der Waals surface area (Å²) in [5.41, 5.74) is 2.11. The molecular weight excluding hydrogens is 336 g/mol. The zero-order valence-electron chi connectivity index (χ0n) is 13.7. The number of benzene rings is 1. The molecular formula is C18H20N4O2S. The zero-order chi connectivity index (χ0) is 17.5. The highest BCUT2D eigenvalue weighted by molar-refractivity contribution is 7.13. The summed E-state index contributed by atoms with van der Waals surface area (Å²) in [7, 11) is 0. The number of para-hydroxylation sites is 1. The molecule has 0 bridgehead atoms. The second-order valence-electron chi connectivity index (χ2n) is 5.56. The summed E-state index contributed by atoms with van der Waals surface area (Å²) in [5, 5.41) is 24.7. The van der Waals surface area contributed by atoms with E-state index in [9.17, 15) is 9.90 Å². The first-order chi connectivity index (χ1) is 12.2. The number of aromatic nitrogens is 2. The second kappa shape index (κ2) is 8.46. The van der Waals surface area contributed by atoms with E-state index >= 15 is 0 Å². The molecule has 0 unspecified atom stereocenters. The molecule has 6 nitrogen and oxygen atoms in total. The van der Waals surface area contributed by atoms with Crippen LogP contribution in [0.2, 0.25) is 0 Å². The van der Waals surface area contributed by atoms with Crippen LogP contribution in [0.15, 0.2) is 47.8 Å². The summed E-state index contributed by atoms with van der Waals surface area (Å²) in [6, 6.07) is 13.0. The number of aromatic hydroxyl groups is 1. The van der Waals surface area contributed by atoms with Crippen LogP contribution in [0.1, 0.15) is 22.5 Å². The number of phenolic OH excluding ortho intramolecular Hbond substituents is 1. The molecule has 0 fully saturated rings. The molecule has 0 aliphatic rings. The second-order valence-corrected chi connectivity index (χ2v) is 6.51. The average Bonchev–Trinajstić information content (AvgIpc) is 3.30. The average molecular weight is 356 g/mol. The van der Waals surface area contributed by atoms with Crippen LogP contribution < -0.4 is 10.6 Å². The van der Waals surface area contributed by atoms with Crippen LogP contribution >= 0.6 is 11.3 Å². The third-order valence-electron chi connectivity index (χ3n) is 3.72. The Balaban J connectivity index is 1.36. The Morgan fingerprint density at radius 1 is 1.20 bits per heavy atom. The van der Waals surface area contributed by atoms with Crippen LogP contribution in [0.5, 0.6) is 5.75 Å². The number of nitrogens with zero attached hydrogens (tertiary/aromatic N) is 1. The highest BCUT2D eigenvalue weighted by Gasteiger charge is 2.11. The molecule has 0 saturated carbocycles. The van der Waals surface area contributed by atoms with Gasteiger partial charge in [0.25, 0.3) is 5.91 Å². The van der Waals surface area contributed by atoms with Gasteiger partial charge in [-0.25, -0.2) is 0 Å². The van der Waals surface area contributed by atoms with E-state index in [0.29, 0.717) is 24.5 Å². The normalized spacial score (nSPS) is 10.7. The third kappa shape index (κ3) is 4.68. The van der Waals surface area contributed by atoms with Gasteiger partial charge >= 0.3 is 0 Å². The summed E-state index contributed by atoms with van der Waals surface area (Å²) >= 11 is 1.60. The number of rotatable bonds is 8. The molecule has 2 heterocycles. The van der Waals surface area contributed by atoms with Gasteiger partial charge in [0.1, 0.15) is 5.75 Å². The summed E-state index contributed by atoms with van der Waals surface area (Å²) in [5.74, 6) is 0.114. The molecule has 4 N–H and O–H groups in total. The van der Waals surface area contributed by atoms with Gasteiger partial charge in [0.2, 0.25) is 0 Å². The van der Waals surface area contributed by atoms with Gasteiger partial charge in [-0.2, -0.15) is 5.10 Å². The molecule has 0 radical (unpaired) electrons. The zero-order valence-corrected chi connectivity index (χ0v) is 14.5. The number of thiophene rings is 1. The first kappa shape index (κ1) is 17.2. The van der Waals surface area contributed by atoms with Crippen LogP contribution in [0.25, 0.3) is 10.6 Å². The van der Waals surface area contributed by atoms with Crippen LogP contribution in [0, 0.1) is 0 Å². The van der Waals surface area contributed by atoms with Gasteiger partial charge < -0.3 is 15.7 Å². The van der Waals surface area contributed by atoms with Gasteiger partial charge in [-0.1, -0.05) is 24.3 Å². The van der Waals surface area contributed by atoms with Crippen LogP contribution in [0.4, 0.5) is 0 Å². The predicted molar refractivity (Wildman–Crippen MR) is 98.7 cm³/mol. The Hall–Kier alpha value is -2.64. The first-order valence-electron chi connectivity index (χ1n) is 8.09. The van der Waals surface area contributed by atoms with Crippen molar-refractivity contribution >= 4 is 17.2 Å². The van der Waals surface area contributed by atoms with Crippen molar-refractivity contribution in [2.24, 2.45) is 0 Å². The van der Waals surface area contributed by atoms with E-state index in [4.69, 9.17) is 0 Å². The maximum absolute atomic E-state index is 12.1. The minimum absolute atomic E-state index is 0.181. The van der Waals surface area contributed by atoms with Gasteiger partial charge in [-0.15, -0.1) is 11.3 Å². The molecule has 1 aromatic carbocycles. The highest BCUT2D eigenvalue weighted by Crippen LogP contribution is 2.22.